The lowest BCUT2D eigenvalue weighted by atomic mass is 9.93. The Labute approximate surface area is 770 Å². The Morgan fingerprint density at radius 1 is 0.206 bits per heavy atom. The molecule has 60 nitrogen and oxygen atoms in total. The molecular formula is C76H127N5O55. The van der Waals surface area contributed by atoms with Gasteiger partial charge in [-0.2, -0.15) is 0 Å². The van der Waals surface area contributed by atoms with E-state index in [9.17, 15) is 172 Å². The van der Waals surface area contributed by atoms with Crippen molar-refractivity contribution < 1.29 is 272 Å². The van der Waals surface area contributed by atoms with E-state index in [4.69, 9.17) is 99.5 Å². The molecule has 0 unspecified atom stereocenters. The predicted molar refractivity (Wildman–Crippen MR) is 419 cm³/mol. The van der Waals surface area contributed by atoms with E-state index in [-0.39, 0.29) is 0 Å². The van der Waals surface area contributed by atoms with Gasteiger partial charge in [0.2, 0.25) is 29.5 Å². The van der Waals surface area contributed by atoms with Crippen molar-refractivity contribution in [2.75, 3.05) is 66.1 Å². The molecule has 11 heterocycles. The highest BCUT2D eigenvalue weighted by Gasteiger charge is 2.63. The lowest BCUT2D eigenvalue weighted by Crippen LogP contribution is -2.72. The van der Waals surface area contributed by atoms with E-state index in [0.29, 0.717) is 0 Å². The third kappa shape index (κ3) is 24.8. The van der Waals surface area contributed by atoms with Crippen LogP contribution in [0.15, 0.2) is 0 Å². The average molecular weight is 1990 g/mol. The molecule has 0 aromatic heterocycles. The lowest BCUT2D eigenvalue weighted by Gasteiger charge is -2.52. The highest BCUT2D eigenvalue weighted by atomic mass is 16.8. The second kappa shape index (κ2) is 48.8. The Bertz CT molecular complexity index is 3760. The largest absolute Gasteiger partial charge is 0.394 e. The zero-order chi connectivity index (χ0) is 100. The standard InChI is InChI=1S/C76H127N5O55/c1-17-38(95)49(106)54(111)71(118-17)116-15-31-61(45(102)33(66(115)119-31)77-18(2)90)129-68-35(79-20(4)92)46(103)60(30(14-89)125-68)132-74-57(114)63(134-76-65(53(110)43(100)27(11-86)124-76)136-70-37(81-22(6)94)48(105)59(29(13-88)127-70)131-73-56(113)51(108)41(98)25(9-84)122-73)62(133-67-34(78-19(3)91)44(101)39(96)23(7-82)120-67)32(128-74)16-117-75-64(52(109)42(99)26(10-85)123-75)135-69-36(80-21(5)93)47(104)58(28(12-87)126-69)130-72-55(112)50(107)40(97)24(8-83)121-72/h17,23-76,82-89,95-115H,7-16H2,1-6H3,(H,77,90)(H,78,91)(H,79,92)(H,80,93)(H,81,94)/t17-,23-,24-,25-,26-,27-,28-,29-,30-,31-,32-,33-,34-,35-,36-,37-,38+,39-,40+,41+,42-,43-,44-,45-,46-,47-,48-,49+,50+,51+,52+,53+,54-,55-,56-,57+,58-,59-,60-,61-,62-,63-,64+,65+,66-,67+,68+,69+,70+,71+,72+,73+,74+,75+,76-/m1/s1. The van der Waals surface area contributed by atoms with E-state index in [0.717, 1.165) is 34.6 Å². The number of aliphatic hydroxyl groups excluding tert-OH is 29. The molecule has 11 rings (SSSR count). The summed E-state index contributed by atoms with van der Waals surface area (Å²) >= 11 is 0. The number of hydrogen-bond acceptors (Lipinski definition) is 55. The van der Waals surface area contributed by atoms with Crippen molar-refractivity contribution in [3.05, 3.63) is 0 Å². The van der Waals surface area contributed by atoms with Crippen LogP contribution in [0.4, 0.5) is 0 Å². The number of amides is 5. The first-order chi connectivity index (χ1) is 64.3. The van der Waals surface area contributed by atoms with E-state index >= 15 is 0 Å². The minimum atomic E-state index is -2.83. The number of carbonyl (C=O) groups is 5. The summed E-state index contributed by atoms with van der Waals surface area (Å²) in [5, 5.41) is 339. The van der Waals surface area contributed by atoms with Gasteiger partial charge in [0.1, 0.15) is 262 Å². The minimum absolute atomic E-state index is 0.882. The molecule has 786 valence electrons. The molecule has 0 spiro atoms. The van der Waals surface area contributed by atoms with Gasteiger partial charge in [-0.3, -0.25) is 24.0 Å². The second-order valence-electron chi connectivity index (χ2n) is 34.5. The first kappa shape index (κ1) is 112. The van der Waals surface area contributed by atoms with Crippen LogP contribution < -0.4 is 26.6 Å². The quantitative estimate of drug-likeness (QED) is 0.0280. The van der Waals surface area contributed by atoms with Crippen molar-refractivity contribution in [1.29, 1.82) is 0 Å². The molecule has 5 amide bonds. The normalized spacial score (nSPS) is 49.2. The molecule has 60 heteroatoms. The van der Waals surface area contributed by atoms with Crippen LogP contribution >= 0.6 is 0 Å². The molecule has 0 aliphatic carbocycles. The second-order valence-corrected chi connectivity index (χ2v) is 34.5. The number of ether oxygens (including phenoxy) is 21. The summed E-state index contributed by atoms with van der Waals surface area (Å²) in [6.45, 7) is -5.99. The van der Waals surface area contributed by atoms with E-state index in [1.807, 2.05) is 0 Å². The number of rotatable bonds is 35. The van der Waals surface area contributed by atoms with Gasteiger partial charge in [0.15, 0.2) is 69.2 Å². The highest BCUT2D eigenvalue weighted by molar-refractivity contribution is 5.75. The van der Waals surface area contributed by atoms with Crippen molar-refractivity contribution >= 4 is 29.5 Å². The fraction of sp³-hybridized carbons (Fsp3) is 0.934. The van der Waals surface area contributed by atoms with Crippen LogP contribution in [0.5, 0.6) is 0 Å². The van der Waals surface area contributed by atoms with Gasteiger partial charge in [0.25, 0.3) is 0 Å². The number of carbonyl (C=O) groups excluding carboxylic acids is 5. The molecule has 11 aliphatic rings. The van der Waals surface area contributed by atoms with E-state index in [1.54, 1.807) is 0 Å². The summed E-state index contributed by atoms with van der Waals surface area (Å²) in [5.41, 5.74) is 0. The fourth-order valence-corrected chi connectivity index (χ4v) is 17.7. The topological polar surface area (TPSA) is 926 Å². The maximum absolute atomic E-state index is 13.5. The van der Waals surface area contributed by atoms with Gasteiger partial charge in [0, 0.05) is 34.6 Å². The highest BCUT2D eigenvalue weighted by Crippen LogP contribution is 2.42. The van der Waals surface area contributed by atoms with Crippen LogP contribution in [0.2, 0.25) is 0 Å². The number of aliphatic hydroxyl groups is 29. The molecular weight excluding hydrogens is 1860 g/mol. The maximum atomic E-state index is 13.5. The van der Waals surface area contributed by atoms with Gasteiger partial charge in [0.05, 0.1) is 72.2 Å². The molecule has 0 radical (unpaired) electrons. The number of nitrogens with one attached hydrogen (secondary N) is 5. The smallest absolute Gasteiger partial charge is 0.217 e. The maximum Gasteiger partial charge on any atom is 0.217 e. The molecule has 11 saturated heterocycles. The predicted octanol–water partition coefficient (Wildman–Crippen LogP) is -23.2. The van der Waals surface area contributed by atoms with E-state index in [2.05, 4.69) is 26.6 Å². The van der Waals surface area contributed by atoms with Crippen LogP contribution in [-0.2, 0) is 123 Å². The fourth-order valence-electron chi connectivity index (χ4n) is 17.7. The summed E-state index contributed by atoms with van der Waals surface area (Å²) in [5.74, 6) is -4.99. The van der Waals surface area contributed by atoms with Crippen molar-refractivity contribution in [1.82, 2.24) is 26.6 Å². The zero-order valence-corrected chi connectivity index (χ0v) is 73.4. The molecule has 0 aromatic carbocycles. The molecule has 55 atom stereocenters. The Kier molecular flexibility index (Phi) is 40.1. The molecule has 34 N–H and O–H groups in total. The third-order valence-electron chi connectivity index (χ3n) is 24.9. The summed E-state index contributed by atoms with van der Waals surface area (Å²) in [6.07, 6.45) is -108. The lowest BCUT2D eigenvalue weighted by molar-refractivity contribution is -0.409. The summed E-state index contributed by atoms with van der Waals surface area (Å²) in [6, 6.07) is -10.1. The molecule has 11 fully saturated rings. The van der Waals surface area contributed by atoms with Crippen molar-refractivity contribution in [2.45, 2.75) is 379 Å². The summed E-state index contributed by atoms with van der Waals surface area (Å²) in [7, 11) is 0. The SMILES string of the molecule is CC(=O)N[C@@H]1[C@@H](O)[C@H](O[C@@H]2O[C@H](CO)[C@@H](O[C@@H]3O[C@H](CO[C@H]4O[C@H](CO)[C@@H](O)[C@H](O)[C@@H]4O[C@@H]4O[C@H](CO)[C@@H](O[C@@H]5O[C@H](CO)[C@H](O)[C@H](O)[C@H]5O)[C@H](O)[C@H]4NC(C)=O)[C@@H](O[C@@H]4O[C@H](CO)[C@@H](O)[C@H](O)[C@H]4NC(C)=O)[C@H](O[C@H]4O[C@H](CO)[C@@H](O)[C@H](O)[C@@H]4O[C@@H]4O[C@H](CO)[C@@H](O[C@@H]5O[C@H](CO)[C@H](O)[C@H](O)[C@H]5O)[C@H](O)[C@H]4NC(C)=O)[C@@H]3O)[C@H](O)[C@H]2NC(C)=O)[C@@H](CO[C@H]2O[C@H](C)[C@H](O)[C@H](O)[C@H]2O)O[C@H]1O. The van der Waals surface area contributed by atoms with Gasteiger partial charge in [-0.25, -0.2) is 0 Å². The molecule has 0 saturated carbocycles. The van der Waals surface area contributed by atoms with Gasteiger partial charge < -0.3 is 274 Å². The van der Waals surface area contributed by atoms with Gasteiger partial charge in [-0.05, 0) is 6.92 Å². The monoisotopic (exact) mass is 1990 g/mol. The first-order valence-electron chi connectivity index (χ1n) is 43.5. The van der Waals surface area contributed by atoms with Crippen molar-refractivity contribution in [2.24, 2.45) is 0 Å². The van der Waals surface area contributed by atoms with E-state index < -0.39 is 433 Å². The molecule has 0 bridgehead atoms. The summed E-state index contributed by atoms with van der Waals surface area (Å²) < 4.78 is 128. The van der Waals surface area contributed by atoms with Crippen LogP contribution in [0.1, 0.15) is 41.5 Å². The zero-order valence-electron chi connectivity index (χ0n) is 73.4. The Balaban J connectivity index is 1.01. The van der Waals surface area contributed by atoms with Gasteiger partial charge in [-0.15, -0.1) is 0 Å². The Hall–Kier alpha value is -4.65. The van der Waals surface area contributed by atoms with Crippen LogP contribution in [0.25, 0.3) is 0 Å². The molecule has 136 heavy (non-hydrogen) atoms. The number of hydrogen-bond donors (Lipinski definition) is 34. The Morgan fingerprint density at radius 3 is 0.831 bits per heavy atom. The average Bonchev–Trinajstić information content (AvgIpc) is 0.778. The Morgan fingerprint density at radius 2 is 0.449 bits per heavy atom. The molecule has 0 aromatic rings. The molecule has 11 aliphatic heterocycles. The van der Waals surface area contributed by atoms with Gasteiger partial charge >= 0.3 is 0 Å². The third-order valence-corrected chi connectivity index (χ3v) is 24.9. The van der Waals surface area contributed by atoms with Crippen LogP contribution in [0, 0.1) is 0 Å². The van der Waals surface area contributed by atoms with Crippen LogP contribution in [-0.4, -0.2) is 581 Å². The van der Waals surface area contributed by atoms with Crippen LogP contribution in [0.3, 0.4) is 0 Å². The minimum Gasteiger partial charge on any atom is -0.394 e. The van der Waals surface area contributed by atoms with Crippen molar-refractivity contribution in [3.63, 3.8) is 0 Å². The summed E-state index contributed by atoms with van der Waals surface area (Å²) in [4.78, 5) is 65.8. The van der Waals surface area contributed by atoms with Crippen molar-refractivity contribution in [3.8, 4) is 0 Å². The van der Waals surface area contributed by atoms with E-state index in [1.165, 1.54) is 6.92 Å². The van der Waals surface area contributed by atoms with Gasteiger partial charge in [-0.1, -0.05) is 0 Å². The first-order valence-corrected chi connectivity index (χ1v) is 43.5.